The first-order valence-corrected chi connectivity index (χ1v) is 4.80. The van der Waals surface area contributed by atoms with Crippen LogP contribution in [0.1, 0.15) is 23.2 Å². The molecule has 16 heavy (non-hydrogen) atoms. The molecule has 0 amide bonds. The number of pyridine rings is 1. The van der Waals surface area contributed by atoms with Crippen LogP contribution in [0.3, 0.4) is 0 Å². The van der Waals surface area contributed by atoms with Crippen LogP contribution in [-0.4, -0.2) is 16.1 Å². The molecule has 0 saturated heterocycles. The highest BCUT2D eigenvalue weighted by Crippen LogP contribution is 2.16. The van der Waals surface area contributed by atoms with E-state index in [0.29, 0.717) is 0 Å². The second kappa shape index (κ2) is 5.07. The van der Waals surface area contributed by atoms with E-state index in [0.717, 1.165) is 6.20 Å². The molecule has 0 saturated carbocycles. The molecule has 0 fully saturated rings. The summed E-state index contributed by atoms with van der Waals surface area (Å²) in [6.45, 7) is 0. The van der Waals surface area contributed by atoms with Crippen molar-refractivity contribution in [2.75, 3.05) is 0 Å². The minimum Gasteiger partial charge on any atom is -0.481 e. The van der Waals surface area contributed by atoms with Gasteiger partial charge in [-0.1, -0.05) is 0 Å². The second-order valence-electron chi connectivity index (χ2n) is 3.04. The lowest BCUT2D eigenvalue weighted by Crippen LogP contribution is -2.21. The lowest BCUT2D eigenvalue weighted by atomic mass is 10.1. The molecule has 7 heteroatoms. The van der Waals surface area contributed by atoms with Gasteiger partial charge in [0.25, 0.3) is 6.43 Å². The van der Waals surface area contributed by atoms with E-state index in [9.17, 15) is 18.4 Å². The molecule has 0 unspecified atom stereocenters. The summed E-state index contributed by atoms with van der Waals surface area (Å²) in [7, 11) is 0. The molecule has 0 aromatic carbocycles. The Labute approximate surface area is 93.9 Å². The Morgan fingerprint density at radius 1 is 1.56 bits per heavy atom. The van der Waals surface area contributed by atoms with Crippen LogP contribution in [-0.2, 0) is 17.1 Å². The van der Waals surface area contributed by atoms with Gasteiger partial charge in [-0.05, 0) is 0 Å². The summed E-state index contributed by atoms with van der Waals surface area (Å²) in [6.07, 6.45) is -2.71. The van der Waals surface area contributed by atoms with Crippen molar-refractivity contribution in [3.8, 4) is 0 Å². The molecule has 1 heterocycles. The monoisotopic (exact) mass is 251 g/mol. The Bertz CT molecular complexity index is 459. The predicted molar refractivity (Wildman–Crippen MR) is 52.9 cm³/mol. The molecule has 0 aliphatic rings. The van der Waals surface area contributed by atoms with Gasteiger partial charge in [0.2, 0.25) is 0 Å². The number of hydrogen-bond donors (Lipinski definition) is 2. The fourth-order valence-electron chi connectivity index (χ4n) is 1.25. The Hall–Kier alpha value is -1.43. The third-order valence-corrected chi connectivity index (χ3v) is 2.27. The van der Waals surface area contributed by atoms with Crippen LogP contribution in [0.15, 0.2) is 11.0 Å². The van der Waals surface area contributed by atoms with Crippen molar-refractivity contribution >= 4 is 17.6 Å². The van der Waals surface area contributed by atoms with E-state index in [1.54, 1.807) is 0 Å². The number of carboxylic acid groups (broad SMARTS) is 1. The van der Waals surface area contributed by atoms with Crippen LogP contribution < -0.4 is 5.43 Å². The van der Waals surface area contributed by atoms with Gasteiger partial charge in [-0.3, -0.25) is 9.59 Å². The third kappa shape index (κ3) is 2.57. The topological polar surface area (TPSA) is 70.2 Å². The predicted octanol–water partition coefficient (Wildman–Crippen LogP) is 1.68. The van der Waals surface area contributed by atoms with Crippen molar-refractivity contribution in [2.45, 2.75) is 18.7 Å². The van der Waals surface area contributed by atoms with Crippen molar-refractivity contribution in [2.24, 2.45) is 0 Å². The zero-order chi connectivity index (χ0) is 12.3. The van der Waals surface area contributed by atoms with Gasteiger partial charge in [-0.15, -0.1) is 11.6 Å². The summed E-state index contributed by atoms with van der Waals surface area (Å²) in [5.74, 6) is -1.41. The average molecular weight is 252 g/mol. The standard InChI is InChI=1S/C9H8ClF2NO3/c10-2-6-4(1-7(14)15)8(16)5(3-13-6)9(11)12/h3,9H,1-2H2,(H,13,16)(H,14,15). The van der Waals surface area contributed by atoms with Crippen LogP contribution in [0.4, 0.5) is 8.78 Å². The molecule has 0 aliphatic heterocycles. The SMILES string of the molecule is O=C(O)Cc1c(CCl)[nH]cc(C(F)F)c1=O. The van der Waals surface area contributed by atoms with Gasteiger partial charge >= 0.3 is 5.97 Å². The van der Waals surface area contributed by atoms with Crippen LogP contribution in [0.5, 0.6) is 0 Å². The van der Waals surface area contributed by atoms with Gasteiger partial charge in [-0.2, -0.15) is 0 Å². The number of aliphatic carboxylic acids is 1. The van der Waals surface area contributed by atoms with Gasteiger partial charge in [0.1, 0.15) is 0 Å². The second-order valence-corrected chi connectivity index (χ2v) is 3.30. The fourth-order valence-corrected chi connectivity index (χ4v) is 1.49. The highest BCUT2D eigenvalue weighted by molar-refractivity contribution is 6.17. The zero-order valence-electron chi connectivity index (χ0n) is 7.97. The van der Waals surface area contributed by atoms with E-state index in [1.807, 2.05) is 0 Å². The van der Waals surface area contributed by atoms with Crippen LogP contribution >= 0.6 is 11.6 Å². The number of rotatable bonds is 4. The van der Waals surface area contributed by atoms with Crippen molar-refractivity contribution in [3.05, 3.63) is 33.2 Å². The maximum atomic E-state index is 12.4. The molecule has 0 aliphatic carbocycles. The highest BCUT2D eigenvalue weighted by atomic mass is 35.5. The molecule has 2 N–H and O–H groups in total. The molecule has 1 rings (SSSR count). The van der Waals surface area contributed by atoms with E-state index < -0.39 is 29.8 Å². The highest BCUT2D eigenvalue weighted by Gasteiger charge is 2.19. The number of carboxylic acids is 1. The zero-order valence-corrected chi connectivity index (χ0v) is 8.72. The van der Waals surface area contributed by atoms with E-state index in [-0.39, 0.29) is 17.1 Å². The van der Waals surface area contributed by atoms with Gasteiger partial charge in [0, 0.05) is 17.5 Å². The Morgan fingerprint density at radius 2 is 2.19 bits per heavy atom. The van der Waals surface area contributed by atoms with Gasteiger partial charge in [0.05, 0.1) is 17.9 Å². The molecule has 0 spiro atoms. The first-order valence-electron chi connectivity index (χ1n) is 4.26. The van der Waals surface area contributed by atoms with Crippen molar-refractivity contribution in [1.29, 1.82) is 0 Å². The number of aromatic amines is 1. The quantitative estimate of drug-likeness (QED) is 0.800. The number of aromatic nitrogens is 1. The van der Waals surface area contributed by atoms with Crippen molar-refractivity contribution in [3.63, 3.8) is 0 Å². The summed E-state index contributed by atoms with van der Waals surface area (Å²) in [5, 5.41) is 8.56. The number of alkyl halides is 3. The van der Waals surface area contributed by atoms with Crippen molar-refractivity contribution < 1.29 is 18.7 Å². The summed E-state index contributed by atoms with van der Waals surface area (Å²) < 4.78 is 24.8. The average Bonchev–Trinajstić information content (AvgIpc) is 2.19. The number of hydrogen-bond acceptors (Lipinski definition) is 2. The largest absolute Gasteiger partial charge is 0.481 e. The maximum Gasteiger partial charge on any atom is 0.308 e. The number of carbonyl (C=O) groups is 1. The molecule has 1 aromatic rings. The van der Waals surface area contributed by atoms with Gasteiger partial charge in [0.15, 0.2) is 5.43 Å². The first-order chi connectivity index (χ1) is 7.47. The Balaban J connectivity index is 3.34. The molecule has 0 radical (unpaired) electrons. The first kappa shape index (κ1) is 12.6. The minimum atomic E-state index is -2.94. The minimum absolute atomic E-state index is 0.138. The smallest absolute Gasteiger partial charge is 0.308 e. The molecule has 4 nitrogen and oxygen atoms in total. The fraction of sp³-hybridized carbons (Fsp3) is 0.333. The summed E-state index contributed by atoms with van der Waals surface area (Å²) in [6, 6.07) is 0. The van der Waals surface area contributed by atoms with E-state index in [2.05, 4.69) is 4.98 Å². The normalized spacial score (nSPS) is 10.8. The van der Waals surface area contributed by atoms with Crippen LogP contribution in [0.2, 0.25) is 0 Å². The number of nitrogens with one attached hydrogen (secondary N) is 1. The molecule has 1 aromatic heterocycles. The van der Waals surface area contributed by atoms with Gasteiger partial charge in [-0.25, -0.2) is 8.78 Å². The van der Waals surface area contributed by atoms with Crippen molar-refractivity contribution in [1.82, 2.24) is 4.98 Å². The Kier molecular flexibility index (Phi) is 4.00. The van der Waals surface area contributed by atoms with E-state index in [1.165, 1.54) is 0 Å². The summed E-state index contributed by atoms with van der Waals surface area (Å²) in [5.41, 5.74) is -1.78. The maximum absolute atomic E-state index is 12.4. The summed E-state index contributed by atoms with van der Waals surface area (Å²) in [4.78, 5) is 24.4. The summed E-state index contributed by atoms with van der Waals surface area (Å²) >= 11 is 5.47. The lowest BCUT2D eigenvalue weighted by molar-refractivity contribution is -0.136. The Morgan fingerprint density at radius 3 is 2.62 bits per heavy atom. The number of H-pyrrole nitrogens is 1. The van der Waals surface area contributed by atoms with Gasteiger partial charge < -0.3 is 10.1 Å². The molecular formula is C9H8ClF2NO3. The third-order valence-electron chi connectivity index (χ3n) is 2.00. The van der Waals surface area contributed by atoms with E-state index >= 15 is 0 Å². The molecule has 0 bridgehead atoms. The molecule has 88 valence electrons. The molecular weight excluding hydrogens is 244 g/mol. The van der Waals surface area contributed by atoms with Crippen LogP contribution in [0.25, 0.3) is 0 Å². The number of halogens is 3. The lowest BCUT2D eigenvalue weighted by Gasteiger charge is -2.06. The van der Waals surface area contributed by atoms with Crippen LogP contribution in [0, 0.1) is 0 Å². The molecule has 0 atom stereocenters. The van der Waals surface area contributed by atoms with E-state index in [4.69, 9.17) is 16.7 Å².